The second kappa shape index (κ2) is 7.29. The van der Waals surface area contributed by atoms with Crippen molar-refractivity contribution in [3.05, 3.63) is 0 Å². The van der Waals surface area contributed by atoms with Crippen LogP contribution in [-0.2, 0) is 0 Å². The zero-order chi connectivity index (χ0) is 12.7. The molecule has 0 fully saturated rings. The van der Waals surface area contributed by atoms with E-state index in [4.69, 9.17) is 5.11 Å². The van der Waals surface area contributed by atoms with E-state index in [1.165, 1.54) is 25.7 Å². The van der Waals surface area contributed by atoms with E-state index < -0.39 is 5.60 Å². The van der Waals surface area contributed by atoms with Gasteiger partial charge in [0, 0.05) is 6.61 Å². The lowest BCUT2D eigenvalue weighted by atomic mass is 9.88. The van der Waals surface area contributed by atoms with Gasteiger partial charge < -0.3 is 10.2 Å². The van der Waals surface area contributed by atoms with E-state index >= 15 is 0 Å². The Morgan fingerprint density at radius 1 is 0.750 bits per heavy atom. The van der Waals surface area contributed by atoms with Gasteiger partial charge in [0.15, 0.2) is 0 Å². The van der Waals surface area contributed by atoms with Crippen molar-refractivity contribution in [2.24, 2.45) is 5.41 Å². The van der Waals surface area contributed by atoms with Crippen LogP contribution in [0.3, 0.4) is 0 Å². The summed E-state index contributed by atoms with van der Waals surface area (Å²) in [5.74, 6) is 0. The third-order valence-corrected chi connectivity index (χ3v) is 3.07. The van der Waals surface area contributed by atoms with Gasteiger partial charge in [-0.05, 0) is 32.1 Å². The average Bonchev–Trinajstić information content (AvgIpc) is 2.14. The predicted molar refractivity (Wildman–Crippen MR) is 69.5 cm³/mol. The van der Waals surface area contributed by atoms with Crippen molar-refractivity contribution in [1.82, 2.24) is 0 Å². The smallest absolute Gasteiger partial charge is 0.0591 e. The van der Waals surface area contributed by atoms with Crippen LogP contribution < -0.4 is 0 Å². The Bertz CT molecular complexity index is 168. The average molecular weight is 230 g/mol. The topological polar surface area (TPSA) is 40.5 Å². The Labute approximate surface area is 101 Å². The van der Waals surface area contributed by atoms with Crippen molar-refractivity contribution >= 4 is 0 Å². The summed E-state index contributed by atoms with van der Waals surface area (Å²) < 4.78 is 0. The number of hydrogen-bond donors (Lipinski definition) is 2. The van der Waals surface area contributed by atoms with Crippen LogP contribution in [0.4, 0.5) is 0 Å². The molecule has 16 heavy (non-hydrogen) atoms. The molecular formula is C14H30O2. The van der Waals surface area contributed by atoms with Crippen LogP contribution in [0.1, 0.15) is 72.6 Å². The first kappa shape index (κ1) is 15.9. The minimum atomic E-state index is -0.501. The van der Waals surface area contributed by atoms with Gasteiger partial charge in [0.25, 0.3) is 0 Å². The van der Waals surface area contributed by atoms with Crippen molar-refractivity contribution in [3.63, 3.8) is 0 Å². The predicted octanol–water partition coefficient (Wildman–Crippen LogP) is 3.51. The second-order valence-corrected chi connectivity index (χ2v) is 6.40. The fourth-order valence-electron chi connectivity index (χ4n) is 1.77. The molecule has 98 valence electrons. The molecule has 0 amide bonds. The number of unbranched alkanes of at least 4 members (excludes halogenated alkanes) is 4. The largest absolute Gasteiger partial charge is 0.396 e. The van der Waals surface area contributed by atoms with Crippen LogP contribution in [0.5, 0.6) is 0 Å². The zero-order valence-electron chi connectivity index (χ0n) is 11.6. The lowest BCUT2D eigenvalue weighted by Crippen LogP contribution is -2.17. The fraction of sp³-hybridized carbons (Fsp3) is 1.00. The van der Waals surface area contributed by atoms with Crippen molar-refractivity contribution in [2.75, 3.05) is 6.61 Å². The third kappa shape index (κ3) is 10.4. The molecule has 0 aromatic heterocycles. The summed E-state index contributed by atoms with van der Waals surface area (Å²) in [6.07, 6.45) is 8.03. The maximum absolute atomic E-state index is 9.53. The summed E-state index contributed by atoms with van der Waals surface area (Å²) in [6, 6.07) is 0. The van der Waals surface area contributed by atoms with Crippen LogP contribution in [0.2, 0.25) is 0 Å². The number of rotatable bonds is 9. The number of hydrogen-bond acceptors (Lipinski definition) is 2. The van der Waals surface area contributed by atoms with Gasteiger partial charge >= 0.3 is 0 Å². The SMILES string of the molecule is CC(C)(O)CCCCCCCC(C)(C)CO. The maximum Gasteiger partial charge on any atom is 0.0591 e. The summed E-state index contributed by atoms with van der Waals surface area (Å²) >= 11 is 0. The molecule has 2 nitrogen and oxygen atoms in total. The van der Waals surface area contributed by atoms with E-state index in [0.717, 1.165) is 19.3 Å². The quantitative estimate of drug-likeness (QED) is 0.595. The van der Waals surface area contributed by atoms with Crippen LogP contribution >= 0.6 is 0 Å². The molecule has 0 unspecified atom stereocenters. The molecule has 0 rings (SSSR count). The first-order valence-electron chi connectivity index (χ1n) is 6.60. The molecule has 0 aliphatic carbocycles. The van der Waals surface area contributed by atoms with Crippen molar-refractivity contribution < 1.29 is 10.2 Å². The van der Waals surface area contributed by atoms with Gasteiger partial charge in [-0.2, -0.15) is 0 Å². The molecule has 0 aromatic carbocycles. The van der Waals surface area contributed by atoms with Gasteiger partial charge in [0.1, 0.15) is 0 Å². The van der Waals surface area contributed by atoms with Crippen molar-refractivity contribution in [3.8, 4) is 0 Å². The normalized spacial score (nSPS) is 13.1. The molecule has 0 bridgehead atoms. The third-order valence-electron chi connectivity index (χ3n) is 3.07. The van der Waals surface area contributed by atoms with E-state index in [-0.39, 0.29) is 12.0 Å². The van der Waals surface area contributed by atoms with E-state index in [1.807, 2.05) is 13.8 Å². The molecule has 2 N–H and O–H groups in total. The Hall–Kier alpha value is -0.0800. The summed E-state index contributed by atoms with van der Waals surface area (Å²) in [4.78, 5) is 0. The van der Waals surface area contributed by atoms with Crippen LogP contribution in [0, 0.1) is 5.41 Å². The summed E-state index contributed by atoms with van der Waals surface area (Å²) in [6.45, 7) is 8.25. The minimum Gasteiger partial charge on any atom is -0.396 e. The molecule has 2 heteroatoms. The molecule has 0 spiro atoms. The highest BCUT2D eigenvalue weighted by Crippen LogP contribution is 2.23. The van der Waals surface area contributed by atoms with Gasteiger partial charge in [0.2, 0.25) is 0 Å². The monoisotopic (exact) mass is 230 g/mol. The lowest BCUT2D eigenvalue weighted by Gasteiger charge is -2.21. The highest BCUT2D eigenvalue weighted by Gasteiger charge is 2.15. The molecule has 0 heterocycles. The van der Waals surface area contributed by atoms with Gasteiger partial charge in [-0.15, -0.1) is 0 Å². The molecule has 0 atom stereocenters. The first-order chi connectivity index (χ1) is 7.27. The Morgan fingerprint density at radius 3 is 1.62 bits per heavy atom. The van der Waals surface area contributed by atoms with Crippen LogP contribution in [0.25, 0.3) is 0 Å². The second-order valence-electron chi connectivity index (χ2n) is 6.40. The van der Waals surface area contributed by atoms with Crippen LogP contribution in [-0.4, -0.2) is 22.4 Å². The highest BCUT2D eigenvalue weighted by molar-refractivity contribution is 4.67. The van der Waals surface area contributed by atoms with Gasteiger partial charge in [-0.25, -0.2) is 0 Å². The standard InChI is InChI=1S/C14H30O2/c1-13(2,12-15)10-8-6-5-7-9-11-14(3,4)16/h15-16H,5-12H2,1-4H3. The zero-order valence-corrected chi connectivity index (χ0v) is 11.6. The van der Waals surface area contributed by atoms with Crippen molar-refractivity contribution in [2.45, 2.75) is 78.2 Å². The number of aliphatic hydroxyl groups is 2. The molecular weight excluding hydrogens is 200 g/mol. The molecule has 0 aromatic rings. The Morgan fingerprint density at radius 2 is 1.19 bits per heavy atom. The number of aliphatic hydroxyl groups excluding tert-OH is 1. The Balaban J connectivity index is 3.29. The highest BCUT2D eigenvalue weighted by atomic mass is 16.3. The summed E-state index contributed by atoms with van der Waals surface area (Å²) in [5, 5.41) is 18.6. The van der Waals surface area contributed by atoms with E-state index in [1.54, 1.807) is 0 Å². The maximum atomic E-state index is 9.53. The van der Waals surface area contributed by atoms with Gasteiger partial charge in [0.05, 0.1) is 5.60 Å². The van der Waals surface area contributed by atoms with Gasteiger partial charge in [-0.1, -0.05) is 46.0 Å². The van der Waals surface area contributed by atoms with Crippen LogP contribution in [0.15, 0.2) is 0 Å². The van der Waals surface area contributed by atoms with E-state index in [0.29, 0.717) is 0 Å². The summed E-state index contributed by atoms with van der Waals surface area (Å²) in [5.41, 5.74) is -0.411. The van der Waals surface area contributed by atoms with E-state index in [9.17, 15) is 5.11 Å². The molecule has 0 radical (unpaired) electrons. The molecule has 0 saturated carbocycles. The van der Waals surface area contributed by atoms with Crippen molar-refractivity contribution in [1.29, 1.82) is 0 Å². The lowest BCUT2D eigenvalue weighted by molar-refractivity contribution is 0.0679. The molecule has 0 aliphatic heterocycles. The van der Waals surface area contributed by atoms with Gasteiger partial charge in [-0.3, -0.25) is 0 Å². The minimum absolute atomic E-state index is 0.0904. The summed E-state index contributed by atoms with van der Waals surface area (Å²) in [7, 11) is 0. The first-order valence-corrected chi connectivity index (χ1v) is 6.60. The van der Waals surface area contributed by atoms with E-state index in [2.05, 4.69) is 13.8 Å². The molecule has 0 aliphatic rings. The molecule has 0 saturated heterocycles. The fourth-order valence-corrected chi connectivity index (χ4v) is 1.77. The Kier molecular flexibility index (Phi) is 7.25.